The van der Waals surface area contributed by atoms with Gasteiger partial charge in [-0.1, -0.05) is 99.5 Å². The molecule has 6 aliphatic carbocycles. The van der Waals surface area contributed by atoms with Crippen molar-refractivity contribution < 1.29 is 42.1 Å². The van der Waals surface area contributed by atoms with E-state index in [0.717, 1.165) is 120 Å². The highest BCUT2D eigenvalue weighted by atomic mass is 35.5. The van der Waals surface area contributed by atoms with Gasteiger partial charge in [0.05, 0.1) is 25.0 Å². The van der Waals surface area contributed by atoms with E-state index < -0.39 is 0 Å². The summed E-state index contributed by atoms with van der Waals surface area (Å²) in [6.45, 7) is 18.0. The standard InChI is InChI=1S/C35H37FO3.C21H22ClF.C14H16O3.2H2/c1-5-38-33(37)31-20-35(31)16-14-24-10-11-25(19-30(24)35)39-21-23-9-12-26(28-17-22(2)8-13-32(28)36)27(18-23)29-7-6-15-34(29,3)4;1-14-6-9-20(23)18(11-14)16-8-7-15(13-22)12-17(16)19-5-4-10-21(19,2)3;1-2-17-13(16)12-8-14(12)6-5-9-3-4-10(15)7-11(9)14;;/h7-13,17-19,31H,5-6,14-16,20-21H2,1-4H3;5-9,11-12H,4,10,13H2,1-3H3;3-4,7,12,15H,2,5-6,8H2,1H3;2*1H/t31-,35+;;12-,14+;;/m0.0../s1/i;;;1+2T;. The number of fused-ring (bicyclic) bond motifs is 4. The average Bonchev–Trinajstić information content (AvgIpc) is 2.92. The van der Waals surface area contributed by atoms with Gasteiger partial charge in [0, 0.05) is 32.2 Å². The number of aromatic hydroxyl groups is 1. The summed E-state index contributed by atoms with van der Waals surface area (Å²) in [5.41, 5.74) is 17.3. The van der Waals surface area contributed by atoms with Crippen LogP contribution in [0.5, 0.6) is 11.5 Å². The molecule has 0 aliphatic heterocycles. The van der Waals surface area contributed by atoms with Crippen molar-refractivity contribution in [3.63, 3.8) is 0 Å². The van der Waals surface area contributed by atoms with E-state index in [4.69, 9.17) is 28.8 Å². The van der Waals surface area contributed by atoms with Gasteiger partial charge in [-0.3, -0.25) is 9.59 Å². The fourth-order valence-corrected chi connectivity index (χ4v) is 13.6. The lowest BCUT2D eigenvalue weighted by atomic mass is 9.79. The second-order valence-electron chi connectivity index (χ2n) is 24.2. The Kier molecular flexibility index (Phi) is 15.3. The van der Waals surface area contributed by atoms with E-state index >= 15 is 4.39 Å². The zero-order chi connectivity index (χ0) is 58.0. The number of hydrogen-bond acceptors (Lipinski definition) is 6. The highest BCUT2D eigenvalue weighted by molar-refractivity contribution is 6.17. The minimum atomic E-state index is -0.199. The molecule has 2 saturated carbocycles. The van der Waals surface area contributed by atoms with Crippen LogP contribution in [0.2, 0.25) is 0 Å². The van der Waals surface area contributed by atoms with E-state index in [-0.39, 0.29) is 58.5 Å². The molecule has 6 nitrogen and oxygen atoms in total. The van der Waals surface area contributed by atoms with Gasteiger partial charge in [0.1, 0.15) is 29.7 Å². The van der Waals surface area contributed by atoms with Crippen molar-refractivity contribution in [3.05, 3.63) is 189 Å². The van der Waals surface area contributed by atoms with Gasteiger partial charge >= 0.3 is 11.9 Å². The Labute approximate surface area is 475 Å². The monoisotopic (exact) mass is 1090 g/mol. The molecule has 0 bridgehead atoms. The Morgan fingerprint density at radius 1 is 0.608 bits per heavy atom. The first kappa shape index (κ1) is 54.4. The number of allylic oxidation sites excluding steroid dienone is 4. The van der Waals surface area contributed by atoms with Gasteiger partial charge in [0.2, 0.25) is 0 Å². The number of ether oxygens (including phenoxy) is 3. The third-order valence-corrected chi connectivity index (χ3v) is 18.4. The van der Waals surface area contributed by atoms with Crippen molar-refractivity contribution in [2.75, 3.05) is 13.2 Å². The molecule has 0 radical (unpaired) electrons. The summed E-state index contributed by atoms with van der Waals surface area (Å²) in [4.78, 5) is 24.2. The molecule has 79 heavy (non-hydrogen) atoms. The molecule has 4 atom stereocenters. The highest BCUT2D eigenvalue weighted by Crippen LogP contribution is 2.63. The molecule has 0 aromatic heterocycles. The molecule has 6 aliphatic rings. The summed E-state index contributed by atoms with van der Waals surface area (Å²) >= 11 is 6.04. The second kappa shape index (κ2) is 22.2. The number of phenolic OH excluding ortho intramolecular Hbond substituents is 1. The number of phenols is 1. The first-order valence-corrected chi connectivity index (χ1v) is 29.0. The SMILES string of the molecule is CCOC(=O)[C@@H]1C[C@@]12CCc1ccc(O)cc12.CCOC(=O)[C@@H]1C[C@@]12CCc1ccc(OCc3ccc(-c4cc(C)ccc4F)c(C4=CCCC4(C)C)c3)cc12.Cc1ccc(F)c(-c2ccc(CCl)cc2C2=CCCC2(C)C)c1.[3H][3H].[HH]. The Balaban J connectivity index is 0.000000173. The summed E-state index contributed by atoms with van der Waals surface area (Å²) < 4.78 is 56.2. The molecule has 1 N–H and O–H groups in total. The number of rotatable bonds is 12. The van der Waals surface area contributed by atoms with E-state index in [0.29, 0.717) is 42.6 Å². The minimum Gasteiger partial charge on any atom is -0.508 e. The molecule has 0 heterocycles. The Morgan fingerprint density at radius 2 is 1.09 bits per heavy atom. The Hall–Kier alpha value is -6.51. The molecular formula is C70H79ClF2O6. The van der Waals surface area contributed by atoms with Crippen LogP contribution in [0, 0.1) is 48.1 Å². The zero-order valence-electron chi connectivity index (χ0n) is 49.2. The fourth-order valence-electron chi connectivity index (χ4n) is 13.5. The predicted octanol–water partition coefficient (Wildman–Crippen LogP) is 17.7. The van der Waals surface area contributed by atoms with Crippen LogP contribution in [-0.2, 0) is 55.2 Å². The van der Waals surface area contributed by atoms with Gasteiger partial charge in [-0.25, -0.2) is 8.78 Å². The number of carbonyl (C=O) groups excluding carboxylic acids is 2. The smallest absolute Gasteiger partial charge is 0.309 e. The number of halogens is 3. The first-order valence-electron chi connectivity index (χ1n) is 29.5. The maximum Gasteiger partial charge on any atom is 0.309 e. The quantitative estimate of drug-likeness (QED) is 0.0971. The maximum atomic E-state index is 15.0. The van der Waals surface area contributed by atoms with Crippen molar-refractivity contribution in [2.45, 2.75) is 143 Å². The van der Waals surface area contributed by atoms with Crippen LogP contribution in [0.3, 0.4) is 0 Å². The third kappa shape index (κ3) is 11.1. The average molecular weight is 1090 g/mol. The molecule has 2 fully saturated rings. The number of alkyl halides is 1. The van der Waals surface area contributed by atoms with Crippen LogP contribution in [0.1, 0.15) is 153 Å². The fraction of sp³-hybridized carbons (Fsp3) is 0.400. The molecule has 9 heteroatoms. The molecule has 0 amide bonds. The second-order valence-corrected chi connectivity index (χ2v) is 24.5. The lowest BCUT2D eigenvalue weighted by Crippen LogP contribution is -2.15. The molecular weight excluding hydrogens is 1010 g/mol. The summed E-state index contributed by atoms with van der Waals surface area (Å²) in [7, 11) is 0. The summed E-state index contributed by atoms with van der Waals surface area (Å²) in [6, 6.07) is 34.9. The number of esters is 2. The molecule has 12 rings (SSSR count). The van der Waals surface area contributed by atoms with Crippen LogP contribution in [0.15, 0.2) is 121 Å². The molecule has 0 unspecified atom stereocenters. The van der Waals surface area contributed by atoms with Gasteiger partial charge in [-0.15, -0.1) is 11.6 Å². The normalized spacial score (nSPS) is 22.3. The summed E-state index contributed by atoms with van der Waals surface area (Å²) in [5.74, 6) is 1.03. The van der Waals surface area contributed by atoms with Gasteiger partial charge in [-0.2, -0.15) is 0 Å². The third-order valence-electron chi connectivity index (χ3n) is 18.0. The lowest BCUT2D eigenvalue weighted by molar-refractivity contribution is -0.146. The number of hydrogen-bond donors (Lipinski definition) is 1. The largest absolute Gasteiger partial charge is 0.508 e. The van der Waals surface area contributed by atoms with Crippen molar-refractivity contribution >= 4 is 34.7 Å². The molecule has 6 aromatic carbocycles. The van der Waals surface area contributed by atoms with E-state index in [1.165, 1.54) is 27.8 Å². The molecule has 2 spiro atoms. The van der Waals surface area contributed by atoms with Crippen LogP contribution >= 0.6 is 11.6 Å². The molecule has 0 saturated heterocycles. The van der Waals surface area contributed by atoms with Gasteiger partial charge in [-0.05, 0) is 230 Å². The van der Waals surface area contributed by atoms with Gasteiger partial charge in [0.25, 0.3) is 0 Å². The van der Waals surface area contributed by atoms with Crippen LogP contribution in [-0.4, -0.2) is 30.3 Å². The van der Waals surface area contributed by atoms with E-state index in [9.17, 15) is 19.1 Å². The lowest BCUT2D eigenvalue weighted by Gasteiger charge is -2.25. The summed E-state index contributed by atoms with van der Waals surface area (Å²) in [5, 5.41) is 9.57. The topological polar surface area (TPSA) is 82.1 Å². The van der Waals surface area contributed by atoms with E-state index in [1.807, 2.05) is 88.4 Å². The Bertz CT molecular complexity index is 3420. The number of benzene rings is 6. The van der Waals surface area contributed by atoms with Crippen molar-refractivity contribution in [1.29, 1.82) is 0 Å². The van der Waals surface area contributed by atoms with Crippen LogP contribution in [0.25, 0.3) is 33.4 Å². The number of aryl methyl sites for hydroxylation is 4. The zero-order valence-corrected chi connectivity index (χ0v) is 48.0. The maximum absolute atomic E-state index is 15.0. The van der Waals surface area contributed by atoms with Crippen molar-refractivity contribution in [2.24, 2.45) is 22.7 Å². The highest BCUT2D eigenvalue weighted by Gasteiger charge is 2.63. The molecule has 6 aromatic rings. The van der Waals surface area contributed by atoms with Crippen molar-refractivity contribution in [3.8, 4) is 33.8 Å². The van der Waals surface area contributed by atoms with Crippen LogP contribution < -0.4 is 4.74 Å². The van der Waals surface area contributed by atoms with Gasteiger partial charge in [0.15, 0.2) is 0 Å². The Morgan fingerprint density at radius 3 is 1.57 bits per heavy atom. The summed E-state index contributed by atoms with van der Waals surface area (Å²) in [6.07, 6.45) is 14.7. The first-order chi connectivity index (χ1) is 38.8. The number of carbonyl (C=O) groups is 2. The van der Waals surface area contributed by atoms with E-state index in [1.54, 1.807) is 18.2 Å². The van der Waals surface area contributed by atoms with Crippen LogP contribution in [0.4, 0.5) is 8.78 Å². The van der Waals surface area contributed by atoms with Crippen molar-refractivity contribution in [1.82, 2.24) is 0 Å². The molecule has 416 valence electrons. The predicted molar refractivity (Wildman–Crippen MR) is 317 cm³/mol. The minimum absolute atomic E-state index is 0. The van der Waals surface area contributed by atoms with E-state index in [2.05, 4.69) is 70.2 Å². The van der Waals surface area contributed by atoms with Gasteiger partial charge < -0.3 is 19.3 Å².